The number of nitrogens with zero attached hydrogens (tertiary/aromatic N) is 2. The first-order valence-electron chi connectivity index (χ1n) is 5.96. The molecule has 0 fully saturated rings. The molecule has 0 bridgehead atoms. The summed E-state index contributed by atoms with van der Waals surface area (Å²) in [6.07, 6.45) is 1.84. The molecular weight excluding hydrogens is 270 g/mol. The van der Waals surface area contributed by atoms with Crippen molar-refractivity contribution < 1.29 is 17.9 Å². The van der Waals surface area contributed by atoms with Gasteiger partial charge in [-0.05, 0) is 20.3 Å². The highest BCUT2D eigenvalue weighted by molar-refractivity contribution is 7.92. The maximum absolute atomic E-state index is 11.8. The van der Waals surface area contributed by atoms with Gasteiger partial charge in [-0.25, -0.2) is 13.1 Å². The molecule has 0 aromatic carbocycles. The van der Waals surface area contributed by atoms with Crippen molar-refractivity contribution >= 4 is 21.8 Å². The Bertz CT molecular complexity index is 522. The van der Waals surface area contributed by atoms with E-state index in [4.69, 9.17) is 0 Å². The van der Waals surface area contributed by atoms with Crippen LogP contribution in [0.4, 0.5) is 5.82 Å². The van der Waals surface area contributed by atoms with Gasteiger partial charge in [-0.1, -0.05) is 0 Å². The number of esters is 1. The minimum atomic E-state index is -3.48. The molecule has 0 atom stereocenters. The van der Waals surface area contributed by atoms with Crippen molar-refractivity contribution in [3.8, 4) is 0 Å². The van der Waals surface area contributed by atoms with Crippen molar-refractivity contribution in [2.75, 3.05) is 17.6 Å². The average Bonchev–Trinajstić information content (AvgIpc) is 2.75. The van der Waals surface area contributed by atoms with Crippen molar-refractivity contribution in [2.45, 2.75) is 32.7 Å². The number of nitrogens with one attached hydrogen (secondary N) is 1. The Labute approximate surface area is 113 Å². The molecule has 8 heteroatoms. The van der Waals surface area contributed by atoms with Gasteiger partial charge >= 0.3 is 5.97 Å². The fourth-order valence-corrected chi connectivity index (χ4v) is 2.63. The quantitative estimate of drug-likeness (QED) is 0.761. The number of methoxy groups -OCH3 is 1. The zero-order chi connectivity index (χ0) is 14.5. The lowest BCUT2D eigenvalue weighted by Crippen LogP contribution is -2.20. The molecule has 0 aliphatic rings. The Morgan fingerprint density at radius 1 is 1.53 bits per heavy atom. The number of hydrogen-bond acceptors (Lipinski definition) is 5. The molecule has 1 aromatic rings. The number of anilines is 1. The van der Waals surface area contributed by atoms with Gasteiger partial charge < -0.3 is 4.74 Å². The second-order valence-electron chi connectivity index (χ2n) is 4.36. The van der Waals surface area contributed by atoms with Crippen molar-refractivity contribution in [3.63, 3.8) is 0 Å². The van der Waals surface area contributed by atoms with E-state index in [0.717, 1.165) is 0 Å². The number of ether oxygens (including phenoxy) is 1. The van der Waals surface area contributed by atoms with Crippen LogP contribution in [-0.2, 0) is 19.6 Å². The van der Waals surface area contributed by atoms with Gasteiger partial charge in [-0.2, -0.15) is 5.10 Å². The first-order valence-corrected chi connectivity index (χ1v) is 7.62. The Kier molecular flexibility index (Phi) is 5.34. The summed E-state index contributed by atoms with van der Waals surface area (Å²) < 4.78 is 32.2. The smallest absolute Gasteiger partial charge is 0.305 e. The molecule has 7 nitrogen and oxygen atoms in total. The van der Waals surface area contributed by atoms with Gasteiger partial charge in [0.1, 0.15) is 5.82 Å². The second kappa shape index (κ2) is 6.55. The predicted molar refractivity (Wildman–Crippen MR) is 71.3 cm³/mol. The number of hydrogen-bond donors (Lipinski definition) is 1. The van der Waals surface area contributed by atoms with Crippen molar-refractivity contribution in [2.24, 2.45) is 0 Å². The summed E-state index contributed by atoms with van der Waals surface area (Å²) in [7, 11) is -2.21. The van der Waals surface area contributed by atoms with Crippen LogP contribution in [0.1, 0.15) is 32.7 Å². The monoisotopic (exact) mass is 289 g/mol. The summed E-state index contributed by atoms with van der Waals surface area (Å²) >= 11 is 0. The standard InChI is InChI=1S/C11H19N3O4S/c1-9(2)14-10(6-7-12-14)13-19(16,17)8-4-5-11(15)18-3/h6-7,9,13H,4-5,8H2,1-3H3. The van der Waals surface area contributed by atoms with Crippen LogP contribution in [0.15, 0.2) is 12.3 Å². The Balaban J connectivity index is 2.59. The van der Waals surface area contributed by atoms with E-state index in [1.165, 1.54) is 13.3 Å². The first kappa shape index (κ1) is 15.5. The van der Waals surface area contributed by atoms with Crippen LogP contribution in [0.5, 0.6) is 0 Å². The fraction of sp³-hybridized carbons (Fsp3) is 0.636. The lowest BCUT2D eigenvalue weighted by molar-refractivity contribution is -0.140. The van der Waals surface area contributed by atoms with Crippen molar-refractivity contribution in [3.05, 3.63) is 12.3 Å². The van der Waals surface area contributed by atoms with E-state index in [2.05, 4.69) is 14.6 Å². The molecule has 0 saturated carbocycles. The Morgan fingerprint density at radius 2 is 2.21 bits per heavy atom. The molecule has 0 aliphatic heterocycles. The molecule has 1 aromatic heterocycles. The topological polar surface area (TPSA) is 90.3 Å². The van der Waals surface area contributed by atoms with Crippen LogP contribution >= 0.6 is 0 Å². The van der Waals surface area contributed by atoms with Gasteiger partial charge in [0.25, 0.3) is 0 Å². The normalized spacial score (nSPS) is 11.6. The van der Waals surface area contributed by atoms with Crippen LogP contribution in [0.25, 0.3) is 0 Å². The molecule has 1 rings (SSSR count). The lowest BCUT2D eigenvalue weighted by atomic mass is 10.3. The lowest BCUT2D eigenvalue weighted by Gasteiger charge is -2.12. The van der Waals surface area contributed by atoms with Gasteiger partial charge in [0.15, 0.2) is 0 Å². The second-order valence-corrected chi connectivity index (χ2v) is 6.20. The summed E-state index contributed by atoms with van der Waals surface area (Å²) in [5.41, 5.74) is 0. The van der Waals surface area contributed by atoms with Gasteiger partial charge in [0, 0.05) is 18.5 Å². The van der Waals surface area contributed by atoms with E-state index < -0.39 is 16.0 Å². The third kappa shape index (κ3) is 4.90. The highest BCUT2D eigenvalue weighted by atomic mass is 32.2. The molecule has 0 radical (unpaired) electrons. The molecule has 0 saturated heterocycles. The van der Waals surface area contributed by atoms with E-state index in [0.29, 0.717) is 5.82 Å². The molecule has 0 amide bonds. The molecule has 108 valence electrons. The summed E-state index contributed by atoms with van der Waals surface area (Å²) in [4.78, 5) is 10.9. The van der Waals surface area contributed by atoms with Crippen molar-refractivity contribution in [1.82, 2.24) is 9.78 Å². The molecule has 0 spiro atoms. The van der Waals surface area contributed by atoms with E-state index >= 15 is 0 Å². The van der Waals surface area contributed by atoms with Crippen LogP contribution in [0, 0.1) is 0 Å². The highest BCUT2D eigenvalue weighted by Gasteiger charge is 2.15. The summed E-state index contributed by atoms with van der Waals surface area (Å²) in [6, 6.07) is 1.65. The molecule has 19 heavy (non-hydrogen) atoms. The average molecular weight is 289 g/mol. The minimum absolute atomic E-state index is 0.0581. The van der Waals surface area contributed by atoms with E-state index in [1.54, 1.807) is 10.7 Å². The summed E-state index contributed by atoms with van der Waals surface area (Å²) in [6.45, 7) is 3.81. The maximum atomic E-state index is 11.8. The summed E-state index contributed by atoms with van der Waals surface area (Å²) in [5.74, 6) is -0.124. The van der Waals surface area contributed by atoms with Gasteiger partial charge in [0.05, 0.1) is 19.1 Å². The Morgan fingerprint density at radius 3 is 2.79 bits per heavy atom. The third-order valence-electron chi connectivity index (χ3n) is 2.44. The predicted octanol–water partition coefficient (Wildman–Crippen LogP) is 1.16. The molecule has 1 heterocycles. The van der Waals surface area contributed by atoms with Crippen LogP contribution in [-0.4, -0.2) is 37.0 Å². The SMILES string of the molecule is COC(=O)CCCS(=O)(=O)Nc1ccnn1C(C)C. The van der Waals surface area contributed by atoms with E-state index in [9.17, 15) is 13.2 Å². The number of aromatic nitrogens is 2. The molecule has 1 N–H and O–H groups in total. The minimum Gasteiger partial charge on any atom is -0.469 e. The number of carbonyl (C=O) groups excluding carboxylic acids is 1. The fourth-order valence-electron chi connectivity index (χ4n) is 1.53. The number of sulfonamides is 1. The van der Waals surface area contributed by atoms with E-state index in [1.807, 2.05) is 13.8 Å². The highest BCUT2D eigenvalue weighted by Crippen LogP contribution is 2.15. The zero-order valence-electron chi connectivity index (χ0n) is 11.3. The zero-order valence-corrected chi connectivity index (χ0v) is 12.1. The molecule has 0 unspecified atom stereocenters. The van der Waals surface area contributed by atoms with Crippen molar-refractivity contribution in [1.29, 1.82) is 0 Å². The van der Waals surface area contributed by atoms with Gasteiger partial charge in [0.2, 0.25) is 10.0 Å². The van der Waals surface area contributed by atoms with Crippen LogP contribution in [0.3, 0.4) is 0 Å². The van der Waals surface area contributed by atoms with Crippen LogP contribution < -0.4 is 4.72 Å². The number of rotatable bonds is 7. The molecule has 0 aliphatic carbocycles. The van der Waals surface area contributed by atoms with Gasteiger partial charge in [-0.15, -0.1) is 0 Å². The number of carbonyl (C=O) groups is 1. The summed E-state index contributed by atoms with van der Waals surface area (Å²) in [5, 5.41) is 4.04. The third-order valence-corrected chi connectivity index (χ3v) is 3.79. The maximum Gasteiger partial charge on any atom is 0.305 e. The Hall–Kier alpha value is -1.57. The first-order chi connectivity index (χ1) is 8.85. The van der Waals surface area contributed by atoms with E-state index in [-0.39, 0.29) is 24.6 Å². The molecular formula is C11H19N3O4S. The largest absolute Gasteiger partial charge is 0.469 e. The van der Waals surface area contributed by atoms with Crippen LogP contribution in [0.2, 0.25) is 0 Å². The van der Waals surface area contributed by atoms with Gasteiger partial charge in [-0.3, -0.25) is 9.52 Å².